The zero-order chi connectivity index (χ0) is 17.2. The molecule has 1 N–H and O–H groups in total. The van der Waals surface area contributed by atoms with Crippen molar-refractivity contribution in [2.75, 3.05) is 12.4 Å². The van der Waals surface area contributed by atoms with E-state index in [1.807, 2.05) is 0 Å². The predicted molar refractivity (Wildman–Crippen MR) is 75.2 cm³/mol. The molecular formula is C14H9ClF4N2O2. The van der Waals surface area contributed by atoms with Crippen LogP contribution in [0.4, 0.5) is 23.2 Å². The van der Waals surface area contributed by atoms with Gasteiger partial charge < -0.3 is 10.1 Å². The molecule has 4 nitrogen and oxygen atoms in total. The largest absolute Gasteiger partial charge is 0.481 e. The Hall–Kier alpha value is -2.35. The average molecular weight is 349 g/mol. The Balaban J connectivity index is 2.31. The van der Waals surface area contributed by atoms with Gasteiger partial charge in [-0.1, -0.05) is 11.6 Å². The number of ether oxygens (including phenoxy) is 1. The average Bonchev–Trinajstić information content (AvgIpc) is 2.48. The maximum Gasteiger partial charge on any atom is 0.417 e. The van der Waals surface area contributed by atoms with Crippen molar-refractivity contribution in [3.63, 3.8) is 0 Å². The van der Waals surface area contributed by atoms with Crippen LogP contribution in [0.2, 0.25) is 5.02 Å². The normalized spacial score (nSPS) is 11.2. The molecule has 0 saturated carbocycles. The zero-order valence-electron chi connectivity index (χ0n) is 11.5. The highest BCUT2D eigenvalue weighted by molar-refractivity contribution is 6.32. The Labute approximate surface area is 133 Å². The molecule has 23 heavy (non-hydrogen) atoms. The fraction of sp³-hybridized carbons (Fsp3) is 0.143. The Morgan fingerprint density at radius 2 is 2.00 bits per heavy atom. The Morgan fingerprint density at radius 1 is 1.30 bits per heavy atom. The van der Waals surface area contributed by atoms with E-state index in [4.69, 9.17) is 16.3 Å². The number of hydrogen-bond donors (Lipinski definition) is 1. The molecule has 1 aromatic carbocycles. The summed E-state index contributed by atoms with van der Waals surface area (Å²) in [7, 11) is 1.36. The molecule has 0 atom stereocenters. The molecule has 0 aliphatic carbocycles. The van der Waals surface area contributed by atoms with Gasteiger partial charge in [0.1, 0.15) is 5.82 Å². The summed E-state index contributed by atoms with van der Waals surface area (Å²) in [5.74, 6) is -2.08. The minimum atomic E-state index is -4.81. The van der Waals surface area contributed by atoms with Crippen LogP contribution in [0, 0.1) is 5.82 Å². The third-order valence-electron chi connectivity index (χ3n) is 2.81. The molecule has 122 valence electrons. The molecule has 0 bridgehead atoms. The number of carbonyl (C=O) groups is 1. The molecule has 0 unspecified atom stereocenters. The first-order valence-electron chi connectivity index (χ1n) is 6.10. The Morgan fingerprint density at radius 3 is 2.61 bits per heavy atom. The summed E-state index contributed by atoms with van der Waals surface area (Å²) in [4.78, 5) is 15.8. The third-order valence-corrected chi connectivity index (χ3v) is 3.12. The van der Waals surface area contributed by atoms with Gasteiger partial charge >= 0.3 is 6.18 Å². The SMILES string of the molecule is COc1cc(NC(=O)c2cc(Cl)c(C(F)(F)F)cc2F)ccn1. The predicted octanol–water partition coefficient (Wildman–Crippen LogP) is 4.15. The van der Waals surface area contributed by atoms with E-state index in [-0.39, 0.29) is 17.6 Å². The Bertz CT molecular complexity index is 750. The highest BCUT2D eigenvalue weighted by Gasteiger charge is 2.34. The molecule has 1 heterocycles. The first kappa shape index (κ1) is 17.0. The number of methoxy groups -OCH3 is 1. The number of alkyl halides is 3. The molecule has 1 aromatic heterocycles. The van der Waals surface area contributed by atoms with E-state index >= 15 is 0 Å². The summed E-state index contributed by atoms with van der Waals surface area (Å²) >= 11 is 5.48. The molecule has 1 amide bonds. The lowest BCUT2D eigenvalue weighted by Gasteiger charge is -2.12. The van der Waals surface area contributed by atoms with E-state index in [9.17, 15) is 22.4 Å². The summed E-state index contributed by atoms with van der Waals surface area (Å²) in [5.41, 5.74) is -1.73. The van der Waals surface area contributed by atoms with Gasteiger partial charge in [0.15, 0.2) is 0 Å². The van der Waals surface area contributed by atoms with E-state index < -0.39 is 34.1 Å². The van der Waals surface area contributed by atoms with Crippen molar-refractivity contribution in [1.82, 2.24) is 4.98 Å². The molecule has 2 aromatic rings. The van der Waals surface area contributed by atoms with Crippen LogP contribution in [0.1, 0.15) is 15.9 Å². The molecule has 0 radical (unpaired) electrons. The summed E-state index contributed by atoms with van der Waals surface area (Å²) in [6.45, 7) is 0. The van der Waals surface area contributed by atoms with Crippen LogP contribution < -0.4 is 10.1 Å². The second-order valence-corrected chi connectivity index (χ2v) is 4.76. The number of amides is 1. The highest BCUT2D eigenvalue weighted by Crippen LogP contribution is 2.36. The van der Waals surface area contributed by atoms with Crippen molar-refractivity contribution in [2.24, 2.45) is 0 Å². The molecular weight excluding hydrogens is 340 g/mol. The second-order valence-electron chi connectivity index (χ2n) is 4.35. The summed E-state index contributed by atoms with van der Waals surface area (Å²) < 4.78 is 56.5. The number of nitrogens with zero attached hydrogens (tertiary/aromatic N) is 1. The van der Waals surface area contributed by atoms with Crippen molar-refractivity contribution in [1.29, 1.82) is 0 Å². The van der Waals surface area contributed by atoms with Gasteiger partial charge in [0.2, 0.25) is 5.88 Å². The second kappa shape index (κ2) is 6.41. The van der Waals surface area contributed by atoms with Crippen LogP contribution in [0.15, 0.2) is 30.5 Å². The number of carbonyl (C=O) groups excluding carboxylic acids is 1. The minimum absolute atomic E-state index is 0.185. The maximum absolute atomic E-state index is 13.8. The molecule has 2 rings (SSSR count). The number of rotatable bonds is 3. The molecule has 0 fully saturated rings. The van der Waals surface area contributed by atoms with Crippen LogP contribution >= 0.6 is 11.6 Å². The van der Waals surface area contributed by atoms with E-state index in [1.54, 1.807) is 0 Å². The number of anilines is 1. The van der Waals surface area contributed by atoms with Crippen molar-refractivity contribution in [3.05, 3.63) is 52.4 Å². The van der Waals surface area contributed by atoms with Crippen LogP contribution in [-0.2, 0) is 6.18 Å². The molecule has 9 heteroatoms. The lowest BCUT2D eigenvalue weighted by Crippen LogP contribution is -2.16. The van der Waals surface area contributed by atoms with Crippen LogP contribution in [0.3, 0.4) is 0 Å². The lowest BCUT2D eigenvalue weighted by molar-refractivity contribution is -0.137. The third kappa shape index (κ3) is 3.89. The topological polar surface area (TPSA) is 51.2 Å². The maximum atomic E-state index is 13.8. The van der Waals surface area contributed by atoms with Crippen LogP contribution in [-0.4, -0.2) is 18.0 Å². The number of pyridine rings is 1. The van der Waals surface area contributed by atoms with E-state index in [1.165, 1.54) is 25.4 Å². The Kier molecular flexibility index (Phi) is 4.74. The van der Waals surface area contributed by atoms with Crippen LogP contribution in [0.25, 0.3) is 0 Å². The quantitative estimate of drug-likeness (QED) is 0.848. The number of aromatic nitrogens is 1. The summed E-state index contributed by atoms with van der Waals surface area (Å²) in [6.07, 6.45) is -3.48. The number of nitrogens with one attached hydrogen (secondary N) is 1. The molecule has 0 aliphatic rings. The summed E-state index contributed by atoms with van der Waals surface area (Å²) in [6, 6.07) is 3.59. The number of halogens is 5. The number of hydrogen-bond acceptors (Lipinski definition) is 3. The van der Waals surface area contributed by atoms with Crippen molar-refractivity contribution >= 4 is 23.2 Å². The first-order chi connectivity index (χ1) is 10.7. The first-order valence-corrected chi connectivity index (χ1v) is 6.48. The van der Waals surface area contributed by atoms with Gasteiger partial charge in [0.05, 0.1) is 23.3 Å². The van der Waals surface area contributed by atoms with Gasteiger partial charge in [-0.2, -0.15) is 13.2 Å². The van der Waals surface area contributed by atoms with Gasteiger partial charge in [0, 0.05) is 18.0 Å². The molecule has 0 saturated heterocycles. The van der Waals surface area contributed by atoms with Crippen molar-refractivity contribution in [2.45, 2.75) is 6.18 Å². The van der Waals surface area contributed by atoms with E-state index in [2.05, 4.69) is 10.3 Å². The zero-order valence-corrected chi connectivity index (χ0v) is 12.3. The van der Waals surface area contributed by atoms with E-state index in [0.717, 1.165) is 0 Å². The fourth-order valence-electron chi connectivity index (χ4n) is 1.74. The number of benzene rings is 1. The van der Waals surface area contributed by atoms with Crippen molar-refractivity contribution in [3.8, 4) is 5.88 Å². The van der Waals surface area contributed by atoms with Gasteiger partial charge in [-0.05, 0) is 18.2 Å². The highest BCUT2D eigenvalue weighted by atomic mass is 35.5. The van der Waals surface area contributed by atoms with Gasteiger partial charge in [0.25, 0.3) is 5.91 Å². The van der Waals surface area contributed by atoms with E-state index in [0.29, 0.717) is 6.07 Å². The summed E-state index contributed by atoms with van der Waals surface area (Å²) in [5, 5.41) is 1.55. The van der Waals surface area contributed by atoms with Crippen LogP contribution in [0.5, 0.6) is 5.88 Å². The molecule has 0 spiro atoms. The van der Waals surface area contributed by atoms with Gasteiger partial charge in [-0.3, -0.25) is 4.79 Å². The van der Waals surface area contributed by atoms with Gasteiger partial charge in [-0.15, -0.1) is 0 Å². The fourth-order valence-corrected chi connectivity index (χ4v) is 2.01. The standard InChI is InChI=1S/C14H9ClF4N2O2/c1-23-12-4-7(2-3-20-12)21-13(22)8-5-10(15)9(6-11(8)16)14(17,18)19/h2-6H,1H3,(H,20,21,22). The smallest absolute Gasteiger partial charge is 0.417 e. The lowest BCUT2D eigenvalue weighted by atomic mass is 10.1. The molecule has 0 aliphatic heterocycles. The minimum Gasteiger partial charge on any atom is -0.481 e. The van der Waals surface area contributed by atoms with Crippen molar-refractivity contribution < 1.29 is 27.1 Å². The van der Waals surface area contributed by atoms with Gasteiger partial charge in [-0.25, -0.2) is 9.37 Å². The monoisotopic (exact) mass is 348 g/mol.